The van der Waals surface area contributed by atoms with Gasteiger partial charge < -0.3 is 14.7 Å². The summed E-state index contributed by atoms with van der Waals surface area (Å²) < 4.78 is 5.14. The van der Waals surface area contributed by atoms with E-state index in [0.29, 0.717) is 18.2 Å². The van der Waals surface area contributed by atoms with Crippen LogP contribution >= 0.6 is 0 Å². The molecule has 120 valence electrons. The lowest BCUT2D eigenvalue weighted by atomic mass is 9.93. The minimum absolute atomic E-state index is 0.0735. The molecule has 0 saturated carbocycles. The second kappa shape index (κ2) is 6.81. The van der Waals surface area contributed by atoms with E-state index in [-0.39, 0.29) is 12.3 Å². The number of benzene rings is 1. The second-order valence-electron chi connectivity index (χ2n) is 6.14. The molecule has 1 aromatic carbocycles. The van der Waals surface area contributed by atoms with Gasteiger partial charge in [-0.05, 0) is 30.0 Å². The molecule has 1 saturated heterocycles. The highest BCUT2D eigenvalue weighted by Gasteiger charge is 2.44. The fourth-order valence-corrected chi connectivity index (χ4v) is 2.89. The molecule has 2 rings (SSSR count). The van der Waals surface area contributed by atoms with Crippen molar-refractivity contribution >= 4 is 11.9 Å². The largest absolute Gasteiger partial charge is 0.497 e. The topological polar surface area (TPSA) is 66.8 Å². The molecule has 5 nitrogen and oxygen atoms in total. The van der Waals surface area contributed by atoms with E-state index < -0.39 is 17.9 Å². The molecule has 1 aromatic rings. The third-order valence-electron chi connectivity index (χ3n) is 4.15. The summed E-state index contributed by atoms with van der Waals surface area (Å²) in [6, 6.07) is 6.91. The smallest absolute Gasteiger partial charge is 0.309 e. The highest BCUT2D eigenvalue weighted by Crippen LogP contribution is 2.39. The quantitative estimate of drug-likeness (QED) is 0.877. The molecule has 0 aromatic heterocycles. The van der Waals surface area contributed by atoms with Gasteiger partial charge in [-0.25, -0.2) is 0 Å². The Labute approximate surface area is 130 Å². The molecular formula is C17H23NO4. The maximum absolute atomic E-state index is 12.2. The van der Waals surface area contributed by atoms with Gasteiger partial charge in [0.05, 0.1) is 19.1 Å². The number of carbonyl (C=O) groups excluding carboxylic acids is 1. The van der Waals surface area contributed by atoms with E-state index in [4.69, 9.17) is 4.74 Å². The molecule has 1 fully saturated rings. The minimum atomic E-state index is -0.916. The Morgan fingerprint density at radius 1 is 1.36 bits per heavy atom. The average molecular weight is 305 g/mol. The van der Waals surface area contributed by atoms with Crippen LogP contribution in [-0.4, -0.2) is 35.5 Å². The molecule has 22 heavy (non-hydrogen) atoms. The van der Waals surface area contributed by atoms with Crippen LogP contribution in [-0.2, 0) is 9.59 Å². The first kappa shape index (κ1) is 16.3. The Balaban J connectivity index is 2.29. The van der Waals surface area contributed by atoms with Crippen LogP contribution in [0.25, 0.3) is 0 Å². The van der Waals surface area contributed by atoms with Gasteiger partial charge in [0.25, 0.3) is 0 Å². The zero-order chi connectivity index (χ0) is 16.3. The minimum Gasteiger partial charge on any atom is -0.497 e. The zero-order valence-electron chi connectivity index (χ0n) is 13.3. The van der Waals surface area contributed by atoms with E-state index in [1.807, 2.05) is 12.1 Å². The van der Waals surface area contributed by atoms with Gasteiger partial charge in [-0.1, -0.05) is 26.0 Å². The Kier molecular flexibility index (Phi) is 5.06. The van der Waals surface area contributed by atoms with Crippen LogP contribution < -0.4 is 4.74 Å². The summed E-state index contributed by atoms with van der Waals surface area (Å²) in [6.45, 7) is 4.78. The molecule has 0 bridgehead atoms. The summed E-state index contributed by atoms with van der Waals surface area (Å²) >= 11 is 0. The number of rotatable bonds is 6. The van der Waals surface area contributed by atoms with Gasteiger partial charge >= 0.3 is 5.97 Å². The van der Waals surface area contributed by atoms with Gasteiger partial charge in [0.1, 0.15) is 5.75 Å². The van der Waals surface area contributed by atoms with E-state index in [1.54, 1.807) is 24.1 Å². The molecule has 5 heteroatoms. The first-order valence-corrected chi connectivity index (χ1v) is 7.60. The number of amides is 1. The first-order valence-electron chi connectivity index (χ1n) is 7.60. The van der Waals surface area contributed by atoms with Crippen LogP contribution in [0.15, 0.2) is 24.3 Å². The SMILES string of the molecule is COc1ccc([C@@H]2[C@@H](C(=O)O)CC(=O)N2CCC(C)C)cc1. The van der Waals surface area contributed by atoms with E-state index in [2.05, 4.69) is 13.8 Å². The van der Waals surface area contributed by atoms with Crippen molar-refractivity contribution in [3.05, 3.63) is 29.8 Å². The molecule has 0 aliphatic carbocycles. The molecule has 1 aliphatic heterocycles. The molecule has 1 amide bonds. The standard InChI is InChI=1S/C17H23NO4/c1-11(2)8-9-18-15(19)10-14(17(20)21)16(18)12-4-6-13(22-3)7-5-12/h4-7,11,14,16H,8-10H2,1-3H3,(H,20,21)/t14-,16+/m0/s1. The number of aliphatic carboxylic acids is 1. The van der Waals surface area contributed by atoms with Crippen LogP contribution in [0.4, 0.5) is 0 Å². The van der Waals surface area contributed by atoms with E-state index in [9.17, 15) is 14.7 Å². The highest BCUT2D eigenvalue weighted by atomic mass is 16.5. The number of hydrogen-bond donors (Lipinski definition) is 1. The lowest BCUT2D eigenvalue weighted by molar-refractivity contribution is -0.142. The summed E-state index contributed by atoms with van der Waals surface area (Å²) in [5.74, 6) is -0.495. The van der Waals surface area contributed by atoms with Gasteiger partial charge in [0.15, 0.2) is 0 Å². The van der Waals surface area contributed by atoms with Crippen molar-refractivity contribution in [1.29, 1.82) is 0 Å². The Morgan fingerprint density at radius 3 is 2.50 bits per heavy atom. The molecule has 0 unspecified atom stereocenters. The van der Waals surface area contributed by atoms with Crippen molar-refractivity contribution in [1.82, 2.24) is 4.90 Å². The lowest BCUT2D eigenvalue weighted by Crippen LogP contribution is -2.32. The van der Waals surface area contributed by atoms with Crippen molar-refractivity contribution in [3.63, 3.8) is 0 Å². The van der Waals surface area contributed by atoms with Crippen LogP contribution in [0, 0.1) is 11.8 Å². The van der Waals surface area contributed by atoms with Crippen molar-refractivity contribution in [2.24, 2.45) is 11.8 Å². The summed E-state index contributed by atoms with van der Waals surface area (Å²) in [7, 11) is 1.59. The monoisotopic (exact) mass is 305 g/mol. The number of nitrogens with zero attached hydrogens (tertiary/aromatic N) is 1. The molecular weight excluding hydrogens is 282 g/mol. The van der Waals surface area contributed by atoms with Gasteiger partial charge in [-0.3, -0.25) is 9.59 Å². The Bertz CT molecular complexity index is 538. The van der Waals surface area contributed by atoms with Crippen molar-refractivity contribution in [2.75, 3.05) is 13.7 Å². The highest BCUT2D eigenvalue weighted by molar-refractivity contribution is 5.87. The van der Waals surface area contributed by atoms with E-state index >= 15 is 0 Å². The summed E-state index contributed by atoms with van der Waals surface area (Å²) in [4.78, 5) is 25.5. The molecule has 1 heterocycles. The normalized spacial score (nSPS) is 21.5. The maximum Gasteiger partial charge on any atom is 0.309 e. The predicted octanol–water partition coefficient (Wildman–Crippen LogP) is 2.72. The number of methoxy groups -OCH3 is 1. The third-order valence-corrected chi connectivity index (χ3v) is 4.15. The van der Waals surface area contributed by atoms with Crippen molar-refractivity contribution < 1.29 is 19.4 Å². The summed E-state index contributed by atoms with van der Waals surface area (Å²) in [5.41, 5.74) is 0.850. The van der Waals surface area contributed by atoms with E-state index in [0.717, 1.165) is 12.0 Å². The molecule has 0 radical (unpaired) electrons. The molecule has 1 N–H and O–H groups in total. The summed E-state index contributed by atoms with van der Waals surface area (Å²) in [6.07, 6.45) is 0.939. The second-order valence-corrected chi connectivity index (χ2v) is 6.14. The van der Waals surface area contributed by atoms with Gasteiger partial charge in [0.2, 0.25) is 5.91 Å². The van der Waals surface area contributed by atoms with Crippen LogP contribution in [0.5, 0.6) is 5.75 Å². The maximum atomic E-state index is 12.2. The molecule has 0 spiro atoms. The fourth-order valence-electron chi connectivity index (χ4n) is 2.89. The third kappa shape index (κ3) is 3.40. The van der Waals surface area contributed by atoms with Gasteiger partial charge in [-0.15, -0.1) is 0 Å². The Hall–Kier alpha value is -2.04. The van der Waals surface area contributed by atoms with Gasteiger partial charge in [-0.2, -0.15) is 0 Å². The number of hydrogen-bond acceptors (Lipinski definition) is 3. The van der Waals surface area contributed by atoms with Crippen LogP contribution in [0.1, 0.15) is 38.3 Å². The average Bonchev–Trinajstić information content (AvgIpc) is 2.82. The van der Waals surface area contributed by atoms with Gasteiger partial charge in [0, 0.05) is 13.0 Å². The number of ether oxygens (including phenoxy) is 1. The summed E-state index contributed by atoms with van der Waals surface area (Å²) in [5, 5.41) is 9.46. The number of likely N-dealkylation sites (tertiary alicyclic amines) is 1. The number of carbonyl (C=O) groups is 2. The predicted molar refractivity (Wildman–Crippen MR) is 82.6 cm³/mol. The first-order chi connectivity index (χ1) is 10.4. The van der Waals surface area contributed by atoms with Crippen molar-refractivity contribution in [2.45, 2.75) is 32.7 Å². The Morgan fingerprint density at radius 2 is 2.00 bits per heavy atom. The molecule has 2 atom stereocenters. The zero-order valence-corrected chi connectivity index (χ0v) is 13.3. The van der Waals surface area contributed by atoms with Crippen LogP contribution in [0.3, 0.4) is 0 Å². The number of carboxylic acid groups (broad SMARTS) is 1. The van der Waals surface area contributed by atoms with Crippen molar-refractivity contribution in [3.8, 4) is 5.75 Å². The lowest BCUT2D eigenvalue weighted by Gasteiger charge is -2.28. The molecule has 1 aliphatic rings. The van der Waals surface area contributed by atoms with Crippen LogP contribution in [0.2, 0.25) is 0 Å². The van der Waals surface area contributed by atoms with E-state index in [1.165, 1.54) is 0 Å². The fraction of sp³-hybridized carbons (Fsp3) is 0.529. The number of carboxylic acids is 1.